The molecule has 30 heavy (non-hydrogen) atoms. The summed E-state index contributed by atoms with van der Waals surface area (Å²) in [6.45, 7) is 1.96. The van der Waals surface area contributed by atoms with Gasteiger partial charge in [-0.05, 0) is 48.2 Å². The molecule has 1 heterocycles. The number of amides is 2. The minimum absolute atomic E-state index is 0.0199. The van der Waals surface area contributed by atoms with E-state index in [2.05, 4.69) is 17.4 Å². The molecule has 0 aliphatic carbocycles. The van der Waals surface area contributed by atoms with E-state index in [0.29, 0.717) is 25.2 Å². The Bertz CT molecular complexity index is 849. The zero-order valence-corrected chi connectivity index (χ0v) is 18.2. The van der Waals surface area contributed by atoms with Gasteiger partial charge in [0.2, 0.25) is 5.91 Å². The summed E-state index contributed by atoms with van der Waals surface area (Å²) >= 11 is 1.68. The normalized spacial score (nSPS) is 14.4. The summed E-state index contributed by atoms with van der Waals surface area (Å²) in [6, 6.07) is 15.3. The Labute approximate surface area is 181 Å². The number of thioether (sulfide) groups is 1. The van der Waals surface area contributed by atoms with Crippen LogP contribution in [0.15, 0.2) is 53.4 Å². The van der Waals surface area contributed by atoms with Gasteiger partial charge in [0.05, 0.1) is 0 Å². The van der Waals surface area contributed by atoms with Gasteiger partial charge in [0.25, 0.3) is 5.91 Å². The molecule has 2 amide bonds. The molecular weight excluding hydrogens is 400 g/mol. The van der Waals surface area contributed by atoms with Gasteiger partial charge in [-0.2, -0.15) is 0 Å². The van der Waals surface area contributed by atoms with Crippen LogP contribution in [0.4, 0.5) is 0 Å². The van der Waals surface area contributed by atoms with E-state index >= 15 is 0 Å². The van der Waals surface area contributed by atoms with Crippen molar-refractivity contribution in [1.82, 2.24) is 10.2 Å². The van der Waals surface area contributed by atoms with E-state index in [1.54, 1.807) is 23.9 Å². The molecule has 0 aromatic heterocycles. The lowest BCUT2D eigenvalue weighted by atomic mass is 10.1. The fraction of sp³-hybridized carbons (Fsp3) is 0.391. The maximum absolute atomic E-state index is 12.4. The van der Waals surface area contributed by atoms with Gasteiger partial charge in [0.15, 0.2) is 0 Å². The zero-order valence-electron chi connectivity index (χ0n) is 17.4. The first kappa shape index (κ1) is 22.2. The largest absolute Gasteiger partial charge is 0.490 e. The molecule has 7 heteroatoms. The Morgan fingerprint density at radius 3 is 2.53 bits per heavy atom. The summed E-state index contributed by atoms with van der Waals surface area (Å²) in [5.74, 6) is 0.647. The van der Waals surface area contributed by atoms with Crippen molar-refractivity contribution >= 4 is 23.6 Å². The molecule has 2 aromatic carbocycles. The van der Waals surface area contributed by atoms with Gasteiger partial charge in [0, 0.05) is 50.0 Å². The molecule has 0 atom stereocenters. The van der Waals surface area contributed by atoms with Crippen LogP contribution in [-0.4, -0.2) is 55.9 Å². The molecule has 0 spiro atoms. The fourth-order valence-corrected chi connectivity index (χ4v) is 3.87. The van der Waals surface area contributed by atoms with Crippen molar-refractivity contribution in [2.75, 3.05) is 33.1 Å². The molecular formula is C23H28N2O4S. The maximum atomic E-state index is 12.4. The molecule has 6 nitrogen and oxygen atoms in total. The van der Waals surface area contributed by atoms with Crippen molar-refractivity contribution in [2.45, 2.75) is 30.4 Å². The highest BCUT2D eigenvalue weighted by atomic mass is 32.2. The first-order chi connectivity index (χ1) is 14.6. The lowest BCUT2D eigenvalue weighted by Crippen LogP contribution is -2.43. The van der Waals surface area contributed by atoms with E-state index in [4.69, 9.17) is 9.47 Å². The standard InChI is InChI=1S/C23H28N2O4S/c1-28-16-22(26)25-12-10-20(11-13-25)29-19-8-6-18(7-9-19)23(27)24-15-17-4-3-5-21(14-17)30-2/h3-9,14,20H,10-13,15-16H2,1-2H3,(H,24,27). The van der Waals surface area contributed by atoms with Crippen LogP contribution >= 0.6 is 11.8 Å². The number of nitrogens with one attached hydrogen (secondary N) is 1. The molecule has 1 aliphatic heterocycles. The first-order valence-electron chi connectivity index (χ1n) is 10.0. The molecule has 1 aliphatic rings. The number of carbonyl (C=O) groups is 2. The third-order valence-electron chi connectivity index (χ3n) is 5.07. The number of hydrogen-bond acceptors (Lipinski definition) is 5. The number of rotatable bonds is 8. The molecule has 1 fully saturated rings. The maximum Gasteiger partial charge on any atom is 0.251 e. The van der Waals surface area contributed by atoms with E-state index in [1.165, 1.54) is 12.0 Å². The lowest BCUT2D eigenvalue weighted by molar-refractivity contribution is -0.136. The van der Waals surface area contributed by atoms with Crippen molar-refractivity contribution in [3.8, 4) is 5.75 Å². The summed E-state index contributed by atoms with van der Waals surface area (Å²) in [4.78, 5) is 27.3. The van der Waals surface area contributed by atoms with E-state index in [1.807, 2.05) is 35.4 Å². The van der Waals surface area contributed by atoms with Crippen molar-refractivity contribution < 1.29 is 19.1 Å². The van der Waals surface area contributed by atoms with Gasteiger partial charge in [-0.15, -0.1) is 11.8 Å². The van der Waals surface area contributed by atoms with Gasteiger partial charge in [-0.1, -0.05) is 12.1 Å². The molecule has 160 valence electrons. The first-order valence-corrected chi connectivity index (χ1v) is 11.3. The predicted molar refractivity (Wildman–Crippen MR) is 118 cm³/mol. The van der Waals surface area contributed by atoms with Crippen LogP contribution in [-0.2, 0) is 16.1 Å². The van der Waals surface area contributed by atoms with Gasteiger partial charge < -0.3 is 19.7 Å². The summed E-state index contributed by atoms with van der Waals surface area (Å²) in [7, 11) is 1.53. The highest BCUT2D eigenvalue weighted by Crippen LogP contribution is 2.20. The number of ether oxygens (including phenoxy) is 2. The number of piperidine rings is 1. The molecule has 0 unspecified atom stereocenters. The quantitative estimate of drug-likeness (QED) is 0.653. The van der Waals surface area contributed by atoms with Crippen LogP contribution < -0.4 is 10.1 Å². The number of likely N-dealkylation sites (tertiary alicyclic amines) is 1. The van der Waals surface area contributed by atoms with Gasteiger partial charge in [-0.3, -0.25) is 9.59 Å². The van der Waals surface area contributed by atoms with Crippen LogP contribution in [0.3, 0.4) is 0 Å². The number of methoxy groups -OCH3 is 1. The number of hydrogen-bond donors (Lipinski definition) is 1. The number of benzene rings is 2. The van der Waals surface area contributed by atoms with E-state index in [0.717, 1.165) is 24.2 Å². The molecule has 0 radical (unpaired) electrons. The van der Waals surface area contributed by atoms with Crippen molar-refractivity contribution in [3.63, 3.8) is 0 Å². The Morgan fingerprint density at radius 2 is 1.87 bits per heavy atom. The van der Waals surface area contributed by atoms with Crippen molar-refractivity contribution in [3.05, 3.63) is 59.7 Å². The number of nitrogens with zero attached hydrogens (tertiary/aromatic N) is 1. The smallest absolute Gasteiger partial charge is 0.251 e. The summed E-state index contributed by atoms with van der Waals surface area (Å²) < 4.78 is 10.9. The third-order valence-corrected chi connectivity index (χ3v) is 5.79. The van der Waals surface area contributed by atoms with Crippen LogP contribution in [0.25, 0.3) is 0 Å². The van der Waals surface area contributed by atoms with Crippen LogP contribution in [0, 0.1) is 0 Å². The SMILES string of the molecule is COCC(=O)N1CCC(Oc2ccc(C(=O)NCc3cccc(SC)c3)cc2)CC1. The Hall–Kier alpha value is -2.51. The Morgan fingerprint density at radius 1 is 1.13 bits per heavy atom. The fourth-order valence-electron chi connectivity index (χ4n) is 3.38. The molecule has 1 N–H and O–H groups in total. The van der Waals surface area contributed by atoms with Gasteiger partial charge in [-0.25, -0.2) is 0 Å². The molecule has 3 rings (SSSR count). The summed E-state index contributed by atoms with van der Waals surface area (Å²) in [5.41, 5.74) is 1.67. The summed E-state index contributed by atoms with van der Waals surface area (Å²) in [6.07, 6.45) is 3.67. The highest BCUT2D eigenvalue weighted by Gasteiger charge is 2.23. The molecule has 0 saturated carbocycles. The molecule has 2 aromatic rings. The summed E-state index contributed by atoms with van der Waals surface area (Å²) in [5, 5.41) is 2.96. The minimum atomic E-state index is -0.110. The van der Waals surface area contributed by atoms with E-state index in [9.17, 15) is 9.59 Å². The molecule has 0 bridgehead atoms. The average Bonchev–Trinajstić information content (AvgIpc) is 2.79. The monoisotopic (exact) mass is 428 g/mol. The second-order valence-electron chi connectivity index (χ2n) is 7.19. The highest BCUT2D eigenvalue weighted by molar-refractivity contribution is 7.98. The van der Waals surface area contributed by atoms with Crippen molar-refractivity contribution in [1.29, 1.82) is 0 Å². The second kappa shape index (κ2) is 11.0. The average molecular weight is 429 g/mol. The minimum Gasteiger partial charge on any atom is -0.490 e. The Kier molecular flexibility index (Phi) is 8.16. The number of carbonyl (C=O) groups excluding carboxylic acids is 2. The molecule has 1 saturated heterocycles. The van der Waals surface area contributed by atoms with Crippen LogP contribution in [0.1, 0.15) is 28.8 Å². The van der Waals surface area contributed by atoms with Gasteiger partial charge in [0.1, 0.15) is 18.5 Å². The lowest BCUT2D eigenvalue weighted by Gasteiger charge is -2.32. The zero-order chi connectivity index (χ0) is 21.3. The topological polar surface area (TPSA) is 67.9 Å². The van der Waals surface area contributed by atoms with E-state index < -0.39 is 0 Å². The third kappa shape index (κ3) is 6.24. The predicted octanol–water partition coefficient (Wildman–Crippen LogP) is 3.35. The van der Waals surface area contributed by atoms with Crippen LogP contribution in [0.5, 0.6) is 5.75 Å². The van der Waals surface area contributed by atoms with Crippen LogP contribution in [0.2, 0.25) is 0 Å². The van der Waals surface area contributed by atoms with Gasteiger partial charge >= 0.3 is 0 Å². The van der Waals surface area contributed by atoms with E-state index in [-0.39, 0.29) is 24.5 Å². The second-order valence-corrected chi connectivity index (χ2v) is 8.07. The Balaban J connectivity index is 1.46. The van der Waals surface area contributed by atoms with Crippen molar-refractivity contribution in [2.24, 2.45) is 0 Å².